The van der Waals surface area contributed by atoms with Gasteiger partial charge >= 0.3 is 0 Å². The van der Waals surface area contributed by atoms with Gasteiger partial charge in [0.15, 0.2) is 17.5 Å². The van der Waals surface area contributed by atoms with E-state index in [0.717, 1.165) is 61.1 Å². The number of amidine groups is 3. The lowest BCUT2D eigenvalue weighted by Gasteiger charge is -2.24. The summed E-state index contributed by atoms with van der Waals surface area (Å²) in [6, 6.07) is 58.2. The second kappa shape index (κ2) is 14.1. The lowest BCUT2D eigenvalue weighted by atomic mass is 9.98. The van der Waals surface area contributed by atoms with E-state index in [2.05, 4.69) is 132 Å². The van der Waals surface area contributed by atoms with Crippen LogP contribution in [0.4, 0.5) is 0 Å². The SMILES string of the molecule is C=NC(=NC(=NCc1cccc2c1oc1ccccc12)C1=NC(c2ccc3c4ccccc4n(-c4ccccc4)c3c2)=NC2c3ccccc3SC12)c1ccccc1. The average molecular weight is 767 g/mol. The molecule has 276 valence electrons. The number of aliphatic imine (C=N–C) groups is 5. The summed E-state index contributed by atoms with van der Waals surface area (Å²) >= 11 is 1.76. The monoisotopic (exact) mass is 766 g/mol. The molecule has 0 aliphatic carbocycles. The minimum Gasteiger partial charge on any atom is -0.456 e. The normalized spacial score (nSPS) is 16.8. The second-order valence-corrected chi connectivity index (χ2v) is 15.6. The molecule has 2 unspecified atom stereocenters. The molecule has 58 heavy (non-hydrogen) atoms. The number of benzene rings is 7. The van der Waals surface area contributed by atoms with Crippen LogP contribution in [0.25, 0.3) is 49.4 Å². The molecule has 0 bridgehead atoms. The van der Waals surface area contributed by atoms with Gasteiger partial charge in [0, 0.05) is 48.8 Å². The van der Waals surface area contributed by atoms with Gasteiger partial charge in [-0.3, -0.25) is 9.98 Å². The zero-order chi connectivity index (χ0) is 38.6. The molecule has 0 N–H and O–H groups in total. The van der Waals surface area contributed by atoms with Gasteiger partial charge in [-0.05, 0) is 48.7 Å². The highest BCUT2D eigenvalue weighted by Crippen LogP contribution is 2.49. The predicted octanol–water partition coefficient (Wildman–Crippen LogP) is 11.8. The van der Waals surface area contributed by atoms with Crippen molar-refractivity contribution in [1.82, 2.24) is 4.57 Å². The summed E-state index contributed by atoms with van der Waals surface area (Å²) in [5.41, 5.74) is 9.61. The Labute approximate surface area is 338 Å². The number of nitrogens with zero attached hydrogens (tertiary/aromatic N) is 6. The molecule has 0 fully saturated rings. The van der Waals surface area contributed by atoms with Crippen LogP contribution in [0.5, 0.6) is 0 Å². The summed E-state index contributed by atoms with van der Waals surface area (Å²) in [5.74, 6) is 1.59. The van der Waals surface area contributed by atoms with E-state index in [0.29, 0.717) is 24.1 Å². The minimum atomic E-state index is -0.199. The molecule has 2 aromatic heterocycles. The molecule has 7 aromatic carbocycles. The number of rotatable bonds is 6. The van der Waals surface area contributed by atoms with Crippen LogP contribution in [0.1, 0.15) is 28.3 Å². The number of thioether (sulfide) groups is 1. The van der Waals surface area contributed by atoms with Crippen LogP contribution in [0.3, 0.4) is 0 Å². The van der Waals surface area contributed by atoms with Gasteiger partial charge in [0.25, 0.3) is 0 Å². The Hall–Kier alpha value is -7.16. The van der Waals surface area contributed by atoms with Crippen LogP contribution in [0.2, 0.25) is 0 Å². The fourth-order valence-corrected chi connectivity index (χ4v) is 9.66. The molecule has 2 aliphatic rings. The first kappa shape index (κ1) is 34.1. The number of furan rings is 1. The molecular weight excluding hydrogens is 733 g/mol. The summed E-state index contributed by atoms with van der Waals surface area (Å²) in [4.78, 5) is 27.0. The van der Waals surface area contributed by atoms with E-state index in [4.69, 9.17) is 24.4 Å². The van der Waals surface area contributed by atoms with Gasteiger partial charge in [-0.1, -0.05) is 133 Å². The van der Waals surface area contributed by atoms with Crippen LogP contribution in [-0.2, 0) is 6.54 Å². The van der Waals surface area contributed by atoms with E-state index in [1.165, 1.54) is 21.2 Å². The average Bonchev–Trinajstić information content (AvgIpc) is 3.97. The molecule has 2 aliphatic heterocycles. The van der Waals surface area contributed by atoms with E-state index in [1.807, 2.05) is 54.6 Å². The third-order valence-corrected chi connectivity index (χ3v) is 12.4. The quantitative estimate of drug-likeness (QED) is 0.125. The van der Waals surface area contributed by atoms with Crippen LogP contribution in [0, 0.1) is 0 Å². The number of fused-ring (bicyclic) bond motifs is 9. The maximum Gasteiger partial charge on any atom is 0.173 e. The first-order chi connectivity index (χ1) is 28.7. The van der Waals surface area contributed by atoms with E-state index < -0.39 is 0 Å². The largest absolute Gasteiger partial charge is 0.456 e. The lowest BCUT2D eigenvalue weighted by molar-refractivity contribution is 0.663. The first-order valence-electron chi connectivity index (χ1n) is 19.3. The standard InChI is InChI=1S/C50H34N6OS/c1-51-48(31-15-4-2-5-16-31)55-50(52-30-33-17-14-23-38-37-21-9-12-25-42(37)57-46(33)38)45-47-44(39-22-10-13-26-43(39)58-47)53-49(54-45)32-27-28-36-35-20-8-11-24-40(35)56(41(36)29-32)34-18-6-3-7-19-34/h2-29,44,47H,1,30H2. The van der Waals surface area contributed by atoms with Gasteiger partial charge in [-0.2, -0.15) is 0 Å². The summed E-state index contributed by atoms with van der Waals surface area (Å²) in [6.45, 7) is 4.26. The zero-order valence-corrected chi connectivity index (χ0v) is 32.1. The third-order valence-electron chi connectivity index (χ3n) is 11.0. The number of para-hydroxylation sites is 4. The van der Waals surface area contributed by atoms with Crippen molar-refractivity contribution in [1.29, 1.82) is 0 Å². The number of hydrogen-bond acceptors (Lipinski definition) is 5. The molecule has 0 amide bonds. The van der Waals surface area contributed by atoms with E-state index in [9.17, 15) is 0 Å². The van der Waals surface area contributed by atoms with Crippen molar-refractivity contribution in [3.8, 4) is 5.69 Å². The van der Waals surface area contributed by atoms with E-state index in [-0.39, 0.29) is 11.3 Å². The molecule has 8 heteroatoms. The van der Waals surface area contributed by atoms with Gasteiger partial charge in [0.1, 0.15) is 16.9 Å². The highest BCUT2D eigenvalue weighted by atomic mass is 32.2. The molecule has 9 aromatic rings. The Morgan fingerprint density at radius 3 is 2.26 bits per heavy atom. The fourth-order valence-electron chi connectivity index (χ4n) is 8.30. The summed E-state index contributed by atoms with van der Waals surface area (Å²) in [6.07, 6.45) is 0. The topological polar surface area (TPSA) is 79.9 Å². The van der Waals surface area contributed by atoms with Crippen molar-refractivity contribution in [2.45, 2.75) is 22.7 Å². The zero-order valence-electron chi connectivity index (χ0n) is 31.2. The Morgan fingerprint density at radius 2 is 1.40 bits per heavy atom. The molecule has 7 nitrogen and oxygen atoms in total. The maximum absolute atomic E-state index is 6.43. The van der Waals surface area contributed by atoms with Gasteiger partial charge in [0.2, 0.25) is 0 Å². The van der Waals surface area contributed by atoms with Gasteiger partial charge in [-0.25, -0.2) is 15.0 Å². The molecule has 0 saturated heterocycles. The van der Waals surface area contributed by atoms with Crippen molar-refractivity contribution in [2.24, 2.45) is 25.0 Å². The summed E-state index contributed by atoms with van der Waals surface area (Å²) < 4.78 is 8.75. The predicted molar refractivity (Wildman–Crippen MR) is 241 cm³/mol. The first-order valence-corrected chi connectivity index (χ1v) is 20.2. The van der Waals surface area contributed by atoms with Gasteiger partial charge < -0.3 is 8.98 Å². The van der Waals surface area contributed by atoms with Crippen LogP contribution in [-0.4, -0.2) is 39.8 Å². The summed E-state index contributed by atoms with van der Waals surface area (Å²) in [5, 5.41) is 4.33. The Bertz CT molecular complexity index is 3210. The van der Waals surface area contributed by atoms with Gasteiger partial charge in [-0.15, -0.1) is 11.8 Å². The van der Waals surface area contributed by atoms with E-state index >= 15 is 0 Å². The lowest BCUT2D eigenvalue weighted by Crippen LogP contribution is -2.33. The van der Waals surface area contributed by atoms with Crippen LogP contribution in [0.15, 0.2) is 204 Å². The maximum atomic E-state index is 6.43. The Morgan fingerprint density at radius 1 is 0.672 bits per heavy atom. The third kappa shape index (κ3) is 5.72. The minimum absolute atomic E-state index is 0.160. The van der Waals surface area contributed by atoms with Crippen molar-refractivity contribution < 1.29 is 4.42 Å². The van der Waals surface area contributed by atoms with Crippen molar-refractivity contribution >= 4 is 85.4 Å². The van der Waals surface area contributed by atoms with Crippen molar-refractivity contribution in [2.75, 3.05) is 0 Å². The highest BCUT2D eigenvalue weighted by Gasteiger charge is 2.41. The number of hydrogen-bond donors (Lipinski definition) is 0. The molecule has 0 spiro atoms. The highest BCUT2D eigenvalue weighted by molar-refractivity contribution is 8.01. The molecule has 0 saturated carbocycles. The van der Waals surface area contributed by atoms with Crippen molar-refractivity contribution in [3.63, 3.8) is 0 Å². The molecular formula is C50H34N6OS. The molecule has 11 rings (SSSR count). The van der Waals surface area contributed by atoms with Crippen LogP contribution >= 0.6 is 11.8 Å². The number of aromatic nitrogens is 1. The molecule has 2 atom stereocenters. The van der Waals surface area contributed by atoms with Gasteiger partial charge in [0.05, 0.1) is 28.9 Å². The smallest absolute Gasteiger partial charge is 0.173 e. The fraction of sp³-hybridized carbons (Fsp3) is 0.0600. The van der Waals surface area contributed by atoms with Crippen molar-refractivity contribution in [3.05, 3.63) is 192 Å². The van der Waals surface area contributed by atoms with E-state index in [1.54, 1.807) is 11.8 Å². The Kier molecular flexibility index (Phi) is 8.29. The molecule has 0 radical (unpaired) electrons. The second-order valence-electron chi connectivity index (χ2n) is 14.4. The van der Waals surface area contributed by atoms with Crippen LogP contribution < -0.4 is 0 Å². The summed E-state index contributed by atoms with van der Waals surface area (Å²) in [7, 11) is 0. The Balaban J connectivity index is 1.11. The molecule has 4 heterocycles.